The van der Waals surface area contributed by atoms with Gasteiger partial charge in [0.1, 0.15) is 5.76 Å². The fourth-order valence-electron chi connectivity index (χ4n) is 3.12. The van der Waals surface area contributed by atoms with Gasteiger partial charge in [0.25, 0.3) is 0 Å². The molecule has 1 fully saturated rings. The zero-order valence-corrected chi connectivity index (χ0v) is 15.6. The smallest absolute Gasteiger partial charge is 0.247 e. The summed E-state index contributed by atoms with van der Waals surface area (Å²) < 4.78 is 29.0. The molecule has 6 heteroatoms. The van der Waals surface area contributed by atoms with Crippen LogP contribution in [0.25, 0.3) is 6.08 Å². The van der Waals surface area contributed by atoms with Gasteiger partial charge in [-0.15, -0.1) is 0 Å². The fraction of sp³-hybridized carbons (Fsp3) is 0.350. The van der Waals surface area contributed by atoms with Crippen molar-refractivity contribution >= 4 is 21.8 Å². The van der Waals surface area contributed by atoms with Crippen molar-refractivity contribution in [2.75, 3.05) is 11.5 Å². The Balaban J connectivity index is 1.79. The largest absolute Gasteiger partial charge is 0.465 e. The number of sulfone groups is 1. The van der Waals surface area contributed by atoms with Crippen LogP contribution in [0.15, 0.2) is 53.2 Å². The van der Waals surface area contributed by atoms with E-state index >= 15 is 0 Å². The van der Waals surface area contributed by atoms with Crippen LogP contribution in [-0.2, 0) is 27.6 Å². The highest BCUT2D eigenvalue weighted by atomic mass is 32.2. The lowest BCUT2D eigenvalue weighted by Crippen LogP contribution is -2.39. The van der Waals surface area contributed by atoms with Crippen molar-refractivity contribution in [2.24, 2.45) is 0 Å². The first-order valence-electron chi connectivity index (χ1n) is 8.77. The number of benzene rings is 1. The van der Waals surface area contributed by atoms with E-state index in [1.54, 1.807) is 29.4 Å². The second kappa shape index (κ2) is 7.91. The third kappa shape index (κ3) is 4.64. The summed E-state index contributed by atoms with van der Waals surface area (Å²) in [5.41, 5.74) is 2.22. The standard InChI is InChI=1S/C20H23NO4S/c1-2-16-5-7-17(8-6-16)14-21(18-11-13-26(23,24)15-18)20(22)10-9-19-4-3-12-25-19/h3-10,12,18H,2,11,13-15H2,1H3. The highest BCUT2D eigenvalue weighted by Crippen LogP contribution is 2.21. The highest BCUT2D eigenvalue weighted by molar-refractivity contribution is 7.91. The van der Waals surface area contributed by atoms with Gasteiger partial charge in [-0.3, -0.25) is 4.79 Å². The van der Waals surface area contributed by atoms with Gasteiger partial charge < -0.3 is 9.32 Å². The van der Waals surface area contributed by atoms with Gasteiger partial charge in [0.05, 0.1) is 17.8 Å². The molecule has 1 aromatic carbocycles. The average molecular weight is 373 g/mol. The maximum absolute atomic E-state index is 12.8. The minimum absolute atomic E-state index is 0.0282. The number of nitrogens with zero attached hydrogens (tertiary/aromatic N) is 1. The Bertz CT molecular complexity index is 867. The van der Waals surface area contributed by atoms with Crippen LogP contribution in [0.1, 0.15) is 30.2 Å². The lowest BCUT2D eigenvalue weighted by molar-refractivity contribution is -0.128. The molecule has 0 aliphatic carbocycles. The molecule has 5 nitrogen and oxygen atoms in total. The minimum atomic E-state index is -3.07. The number of carbonyl (C=O) groups is 1. The molecule has 138 valence electrons. The van der Waals surface area contributed by atoms with Crippen molar-refractivity contribution in [2.45, 2.75) is 32.4 Å². The van der Waals surface area contributed by atoms with Crippen LogP contribution in [-0.4, -0.2) is 36.8 Å². The predicted molar refractivity (Wildman–Crippen MR) is 101 cm³/mol. The second-order valence-electron chi connectivity index (χ2n) is 6.54. The summed E-state index contributed by atoms with van der Waals surface area (Å²) >= 11 is 0. The number of carbonyl (C=O) groups excluding carboxylic acids is 1. The molecule has 0 saturated carbocycles. The molecule has 3 rings (SSSR count). The summed E-state index contributed by atoms with van der Waals surface area (Å²) in [6.07, 6.45) is 6.04. The van der Waals surface area contributed by atoms with Crippen LogP contribution < -0.4 is 0 Å². The van der Waals surface area contributed by atoms with E-state index in [9.17, 15) is 13.2 Å². The lowest BCUT2D eigenvalue weighted by Gasteiger charge is -2.27. The Hall–Kier alpha value is -2.34. The molecule has 1 amide bonds. The topological polar surface area (TPSA) is 67.6 Å². The van der Waals surface area contributed by atoms with E-state index in [4.69, 9.17) is 4.42 Å². The summed E-state index contributed by atoms with van der Waals surface area (Å²) in [4.78, 5) is 14.4. The molecule has 1 saturated heterocycles. The van der Waals surface area contributed by atoms with Crippen LogP contribution in [0, 0.1) is 0 Å². The summed E-state index contributed by atoms with van der Waals surface area (Å²) in [6.45, 7) is 2.49. The van der Waals surface area contributed by atoms with Crippen molar-refractivity contribution in [3.05, 3.63) is 65.6 Å². The van der Waals surface area contributed by atoms with E-state index in [1.807, 2.05) is 24.3 Å². The normalized spacial score (nSPS) is 19.0. The Kier molecular flexibility index (Phi) is 5.61. The monoisotopic (exact) mass is 373 g/mol. The maximum Gasteiger partial charge on any atom is 0.247 e. The molecule has 0 bridgehead atoms. The van der Waals surface area contributed by atoms with E-state index in [0.717, 1.165) is 12.0 Å². The molecule has 26 heavy (non-hydrogen) atoms. The number of hydrogen-bond acceptors (Lipinski definition) is 4. The number of hydrogen-bond donors (Lipinski definition) is 0. The lowest BCUT2D eigenvalue weighted by atomic mass is 10.1. The van der Waals surface area contributed by atoms with Gasteiger partial charge in [0, 0.05) is 18.7 Å². The first-order valence-corrected chi connectivity index (χ1v) is 10.6. The molecule has 1 aliphatic rings. The quantitative estimate of drug-likeness (QED) is 0.730. The van der Waals surface area contributed by atoms with E-state index in [-0.39, 0.29) is 23.5 Å². The Morgan fingerprint density at radius 1 is 1.23 bits per heavy atom. The summed E-state index contributed by atoms with van der Waals surface area (Å²) in [6, 6.07) is 11.3. The number of furan rings is 1. The third-order valence-corrected chi connectivity index (χ3v) is 6.40. The van der Waals surface area contributed by atoms with Crippen molar-refractivity contribution in [3.8, 4) is 0 Å². The molecule has 0 radical (unpaired) electrons. The first-order chi connectivity index (χ1) is 12.5. The van der Waals surface area contributed by atoms with Gasteiger partial charge >= 0.3 is 0 Å². The highest BCUT2D eigenvalue weighted by Gasteiger charge is 2.34. The molecule has 2 aromatic rings. The molecule has 0 spiro atoms. The van der Waals surface area contributed by atoms with Crippen LogP contribution in [0.2, 0.25) is 0 Å². The summed E-state index contributed by atoms with van der Waals surface area (Å²) in [5, 5.41) is 0. The van der Waals surface area contributed by atoms with Crippen LogP contribution in [0.4, 0.5) is 0 Å². The minimum Gasteiger partial charge on any atom is -0.465 e. The van der Waals surface area contributed by atoms with Gasteiger partial charge in [-0.05, 0) is 42.2 Å². The van der Waals surface area contributed by atoms with E-state index in [2.05, 4.69) is 6.92 Å². The third-order valence-electron chi connectivity index (χ3n) is 4.65. The zero-order chi connectivity index (χ0) is 18.6. The fourth-order valence-corrected chi connectivity index (χ4v) is 4.85. The molecule has 1 atom stereocenters. The second-order valence-corrected chi connectivity index (χ2v) is 8.77. The molecular formula is C20H23NO4S. The number of aryl methyl sites for hydroxylation is 1. The van der Waals surface area contributed by atoms with E-state index in [1.165, 1.54) is 11.6 Å². The molecule has 1 aromatic heterocycles. The average Bonchev–Trinajstić information content (AvgIpc) is 3.27. The van der Waals surface area contributed by atoms with Gasteiger partial charge in [0.2, 0.25) is 5.91 Å². The molecule has 0 N–H and O–H groups in total. The summed E-state index contributed by atoms with van der Waals surface area (Å²) in [7, 11) is -3.07. The van der Waals surface area contributed by atoms with Gasteiger partial charge in [0.15, 0.2) is 9.84 Å². The van der Waals surface area contributed by atoms with Gasteiger partial charge in [-0.25, -0.2) is 8.42 Å². The van der Waals surface area contributed by atoms with Crippen molar-refractivity contribution in [1.82, 2.24) is 4.90 Å². The zero-order valence-electron chi connectivity index (χ0n) is 14.8. The Morgan fingerprint density at radius 2 is 1.96 bits per heavy atom. The number of amides is 1. The van der Waals surface area contributed by atoms with Gasteiger partial charge in [-0.2, -0.15) is 0 Å². The van der Waals surface area contributed by atoms with E-state index in [0.29, 0.717) is 18.7 Å². The van der Waals surface area contributed by atoms with Crippen molar-refractivity contribution < 1.29 is 17.6 Å². The Labute approximate surface area is 154 Å². The van der Waals surface area contributed by atoms with E-state index < -0.39 is 9.84 Å². The molecule has 1 aliphatic heterocycles. The summed E-state index contributed by atoms with van der Waals surface area (Å²) in [5.74, 6) is 0.547. The van der Waals surface area contributed by atoms with Crippen molar-refractivity contribution in [1.29, 1.82) is 0 Å². The van der Waals surface area contributed by atoms with Gasteiger partial charge in [-0.1, -0.05) is 31.2 Å². The first kappa shape index (κ1) is 18.5. The number of rotatable bonds is 6. The molecular weight excluding hydrogens is 350 g/mol. The van der Waals surface area contributed by atoms with Crippen molar-refractivity contribution in [3.63, 3.8) is 0 Å². The van der Waals surface area contributed by atoms with Crippen LogP contribution in [0.3, 0.4) is 0 Å². The van der Waals surface area contributed by atoms with Crippen LogP contribution in [0.5, 0.6) is 0 Å². The van der Waals surface area contributed by atoms with Crippen LogP contribution >= 0.6 is 0 Å². The predicted octanol–water partition coefficient (Wildman–Crippen LogP) is 3.07. The SMILES string of the molecule is CCc1ccc(CN(C(=O)C=Cc2ccco2)C2CCS(=O)(=O)C2)cc1. The maximum atomic E-state index is 12.8. The molecule has 1 unspecified atom stereocenters. The molecule has 2 heterocycles. The Morgan fingerprint density at radius 3 is 2.54 bits per heavy atom.